The number of hydrogen-bond donors (Lipinski definition) is 0. The number of halogens is 2. The molecule has 11 heavy (non-hydrogen) atoms. The second-order valence-corrected chi connectivity index (χ2v) is 4.47. The van der Waals surface area contributed by atoms with Gasteiger partial charge in [0.15, 0.2) is 0 Å². The molecule has 0 fully saturated rings. The van der Waals surface area contributed by atoms with Crippen LogP contribution >= 0.6 is 23.2 Å². The van der Waals surface area contributed by atoms with Gasteiger partial charge in [-0.25, -0.2) is 0 Å². The van der Waals surface area contributed by atoms with Crippen LogP contribution in [0.3, 0.4) is 0 Å². The van der Waals surface area contributed by atoms with Crippen LogP contribution in [0.5, 0.6) is 0 Å². The summed E-state index contributed by atoms with van der Waals surface area (Å²) < 4.78 is 0. The van der Waals surface area contributed by atoms with Crippen molar-refractivity contribution in [2.75, 3.05) is 0 Å². The molecule has 0 saturated carbocycles. The molecule has 0 bridgehead atoms. The molecule has 0 heterocycles. The molecule has 0 aromatic rings. The Hall–Kier alpha value is 0.320. The Morgan fingerprint density at radius 3 is 1.45 bits per heavy atom. The van der Waals surface area contributed by atoms with Crippen molar-refractivity contribution in [3.63, 3.8) is 0 Å². The summed E-state index contributed by atoms with van der Waals surface area (Å²) in [6.45, 7) is 8.62. The van der Waals surface area contributed by atoms with Crippen molar-refractivity contribution in [2.24, 2.45) is 11.8 Å². The van der Waals surface area contributed by atoms with Gasteiger partial charge in [0, 0.05) is 0 Å². The first-order valence-electron chi connectivity index (χ1n) is 3.95. The lowest BCUT2D eigenvalue weighted by molar-refractivity contribution is 0.623. The standard InChI is InChI=1S/C9H16Cl2/c1-6(2)8(7(3)4)5-9(10)11/h5-7,9H,1-4H3. The Bertz CT molecular complexity index is 124. The van der Waals surface area contributed by atoms with Crippen molar-refractivity contribution in [3.05, 3.63) is 11.6 Å². The maximum Gasteiger partial charge on any atom is 0.126 e. The molecule has 0 radical (unpaired) electrons. The maximum absolute atomic E-state index is 5.65. The lowest BCUT2D eigenvalue weighted by Gasteiger charge is -2.15. The van der Waals surface area contributed by atoms with Crippen molar-refractivity contribution < 1.29 is 0 Å². The van der Waals surface area contributed by atoms with Gasteiger partial charge >= 0.3 is 0 Å². The van der Waals surface area contributed by atoms with Gasteiger partial charge in [0.1, 0.15) is 4.84 Å². The summed E-state index contributed by atoms with van der Waals surface area (Å²) in [4.78, 5) is -0.366. The third-order valence-electron chi connectivity index (χ3n) is 1.65. The third-order valence-corrected chi connectivity index (χ3v) is 1.90. The summed E-state index contributed by atoms with van der Waals surface area (Å²) in [7, 11) is 0. The quantitative estimate of drug-likeness (QED) is 0.471. The molecular weight excluding hydrogens is 179 g/mol. The highest BCUT2D eigenvalue weighted by atomic mass is 35.5. The molecule has 0 N–H and O–H groups in total. The Labute approximate surface area is 79.6 Å². The van der Waals surface area contributed by atoms with E-state index in [4.69, 9.17) is 23.2 Å². The summed E-state index contributed by atoms with van der Waals surface area (Å²) in [5.74, 6) is 1.07. The normalized spacial score (nSPS) is 11.4. The minimum atomic E-state index is -0.366. The zero-order valence-electron chi connectivity index (χ0n) is 7.57. The molecule has 0 nitrogen and oxygen atoms in total. The fourth-order valence-corrected chi connectivity index (χ4v) is 1.49. The number of rotatable bonds is 3. The summed E-state index contributed by atoms with van der Waals surface area (Å²) in [6.07, 6.45) is 1.93. The van der Waals surface area contributed by atoms with Gasteiger partial charge in [-0.1, -0.05) is 39.3 Å². The first-order valence-corrected chi connectivity index (χ1v) is 4.82. The van der Waals surface area contributed by atoms with Gasteiger partial charge < -0.3 is 0 Å². The van der Waals surface area contributed by atoms with E-state index in [0.29, 0.717) is 11.8 Å². The van der Waals surface area contributed by atoms with E-state index in [1.807, 2.05) is 6.08 Å². The molecule has 0 amide bonds. The van der Waals surface area contributed by atoms with Gasteiger partial charge in [-0.05, 0) is 11.8 Å². The smallest absolute Gasteiger partial charge is 0.101 e. The van der Waals surface area contributed by atoms with Crippen LogP contribution in [-0.2, 0) is 0 Å². The molecular formula is C9H16Cl2. The number of alkyl halides is 2. The lowest BCUT2D eigenvalue weighted by atomic mass is 9.93. The van der Waals surface area contributed by atoms with E-state index < -0.39 is 0 Å². The van der Waals surface area contributed by atoms with E-state index in [2.05, 4.69) is 27.7 Å². The Morgan fingerprint density at radius 2 is 1.36 bits per heavy atom. The highest BCUT2D eigenvalue weighted by molar-refractivity contribution is 6.45. The monoisotopic (exact) mass is 194 g/mol. The van der Waals surface area contributed by atoms with Crippen LogP contribution in [-0.4, -0.2) is 4.84 Å². The predicted molar refractivity (Wildman–Crippen MR) is 53.3 cm³/mol. The second kappa shape index (κ2) is 5.05. The SMILES string of the molecule is CC(C)C(=CC(Cl)Cl)C(C)C. The highest BCUT2D eigenvalue weighted by Crippen LogP contribution is 2.21. The molecule has 0 unspecified atom stereocenters. The van der Waals surface area contributed by atoms with Crippen molar-refractivity contribution in [2.45, 2.75) is 32.5 Å². The van der Waals surface area contributed by atoms with Crippen LogP contribution < -0.4 is 0 Å². The largest absolute Gasteiger partial charge is 0.126 e. The van der Waals surface area contributed by atoms with Crippen LogP contribution in [0.2, 0.25) is 0 Å². The topological polar surface area (TPSA) is 0 Å². The van der Waals surface area contributed by atoms with E-state index in [0.717, 1.165) is 0 Å². The first-order chi connectivity index (χ1) is 4.95. The van der Waals surface area contributed by atoms with Crippen molar-refractivity contribution in [1.29, 1.82) is 0 Å². The second-order valence-electron chi connectivity index (χ2n) is 3.31. The Balaban J connectivity index is 4.33. The molecule has 0 aromatic carbocycles. The van der Waals surface area contributed by atoms with Crippen LogP contribution in [0.15, 0.2) is 11.6 Å². The summed E-state index contributed by atoms with van der Waals surface area (Å²) in [6, 6.07) is 0. The van der Waals surface area contributed by atoms with Gasteiger partial charge in [-0.2, -0.15) is 0 Å². The van der Waals surface area contributed by atoms with Gasteiger partial charge in [-0.3, -0.25) is 0 Å². The first kappa shape index (κ1) is 11.3. The molecule has 0 rings (SSSR count). The molecule has 0 aliphatic carbocycles. The molecule has 0 aromatic heterocycles. The van der Waals surface area contributed by atoms with Crippen molar-refractivity contribution in [1.82, 2.24) is 0 Å². The van der Waals surface area contributed by atoms with E-state index >= 15 is 0 Å². The van der Waals surface area contributed by atoms with E-state index in [1.54, 1.807) is 0 Å². The molecule has 0 atom stereocenters. The zero-order chi connectivity index (χ0) is 9.02. The van der Waals surface area contributed by atoms with Gasteiger partial charge in [0.05, 0.1) is 0 Å². The molecule has 0 aliphatic rings. The van der Waals surface area contributed by atoms with E-state index in [-0.39, 0.29) is 4.84 Å². The van der Waals surface area contributed by atoms with Crippen molar-refractivity contribution in [3.8, 4) is 0 Å². The van der Waals surface area contributed by atoms with E-state index in [9.17, 15) is 0 Å². The van der Waals surface area contributed by atoms with Crippen LogP contribution in [0.25, 0.3) is 0 Å². The third kappa shape index (κ3) is 4.71. The molecule has 66 valence electrons. The summed E-state index contributed by atoms with van der Waals surface area (Å²) >= 11 is 11.3. The van der Waals surface area contributed by atoms with Crippen LogP contribution in [0.4, 0.5) is 0 Å². The fourth-order valence-electron chi connectivity index (χ4n) is 1.20. The average molecular weight is 195 g/mol. The van der Waals surface area contributed by atoms with Gasteiger partial charge in [0.25, 0.3) is 0 Å². The summed E-state index contributed by atoms with van der Waals surface area (Å²) in [5, 5.41) is 0. The van der Waals surface area contributed by atoms with Gasteiger partial charge in [0.2, 0.25) is 0 Å². The number of hydrogen-bond acceptors (Lipinski definition) is 0. The Morgan fingerprint density at radius 1 is 1.00 bits per heavy atom. The zero-order valence-corrected chi connectivity index (χ0v) is 9.08. The molecule has 0 spiro atoms. The lowest BCUT2D eigenvalue weighted by Crippen LogP contribution is -2.03. The van der Waals surface area contributed by atoms with Crippen LogP contribution in [0.1, 0.15) is 27.7 Å². The molecule has 0 saturated heterocycles. The minimum Gasteiger partial charge on any atom is -0.101 e. The van der Waals surface area contributed by atoms with Crippen LogP contribution in [0, 0.1) is 11.8 Å². The molecule has 0 aliphatic heterocycles. The highest BCUT2D eigenvalue weighted by Gasteiger charge is 2.08. The minimum absolute atomic E-state index is 0.366. The van der Waals surface area contributed by atoms with Gasteiger partial charge in [-0.15, -0.1) is 23.2 Å². The summed E-state index contributed by atoms with van der Waals surface area (Å²) in [5.41, 5.74) is 1.33. The van der Waals surface area contributed by atoms with E-state index in [1.165, 1.54) is 5.57 Å². The predicted octanol–water partition coefficient (Wildman–Crippen LogP) is 4.03. The Kier molecular flexibility index (Phi) is 5.20. The number of allylic oxidation sites excluding steroid dienone is 2. The maximum atomic E-state index is 5.65. The average Bonchev–Trinajstić information content (AvgIpc) is 1.81. The fraction of sp³-hybridized carbons (Fsp3) is 0.778. The van der Waals surface area contributed by atoms with Crippen molar-refractivity contribution >= 4 is 23.2 Å². The molecule has 2 heteroatoms.